The lowest BCUT2D eigenvalue weighted by molar-refractivity contribution is 0.0612. The van der Waals surface area contributed by atoms with E-state index < -0.39 is 0 Å². The van der Waals surface area contributed by atoms with Gasteiger partial charge < -0.3 is 15.4 Å². The van der Waals surface area contributed by atoms with Crippen molar-refractivity contribution in [3.8, 4) is 0 Å². The summed E-state index contributed by atoms with van der Waals surface area (Å²) in [6.07, 6.45) is 6.15. The van der Waals surface area contributed by atoms with Gasteiger partial charge in [-0.25, -0.2) is 0 Å². The predicted molar refractivity (Wildman–Crippen MR) is 70.1 cm³/mol. The number of nitrogens with two attached hydrogens (primary N) is 1. The van der Waals surface area contributed by atoms with Crippen LogP contribution in [0.4, 0.5) is 0 Å². The van der Waals surface area contributed by atoms with Crippen molar-refractivity contribution in [1.29, 1.82) is 0 Å². The van der Waals surface area contributed by atoms with Gasteiger partial charge in [0.1, 0.15) is 0 Å². The molecule has 1 saturated heterocycles. The van der Waals surface area contributed by atoms with Crippen LogP contribution in [-0.4, -0.2) is 42.2 Å². The van der Waals surface area contributed by atoms with E-state index in [-0.39, 0.29) is 5.54 Å². The fourth-order valence-corrected chi connectivity index (χ4v) is 3.08. The van der Waals surface area contributed by atoms with Crippen LogP contribution in [-0.2, 0) is 4.74 Å². The van der Waals surface area contributed by atoms with Crippen LogP contribution < -0.4 is 5.73 Å². The van der Waals surface area contributed by atoms with Crippen LogP contribution in [0, 0.1) is 0 Å². The lowest BCUT2D eigenvalue weighted by atomic mass is 9.89. The minimum absolute atomic E-state index is 0.158. The number of hydrogen-bond donors (Lipinski definition) is 1. The first kappa shape index (κ1) is 12.7. The zero-order valence-corrected chi connectivity index (χ0v) is 11.1. The van der Waals surface area contributed by atoms with Crippen LogP contribution in [0.3, 0.4) is 0 Å². The molecule has 2 N–H and O–H groups in total. The molecule has 0 saturated carbocycles. The molecule has 2 aliphatic heterocycles. The van der Waals surface area contributed by atoms with Gasteiger partial charge >= 0.3 is 0 Å². The van der Waals surface area contributed by atoms with E-state index in [1.807, 2.05) is 0 Å². The first-order valence-electron chi connectivity index (χ1n) is 6.91. The predicted octanol–water partition coefficient (Wildman–Crippen LogP) is 1.74. The summed E-state index contributed by atoms with van der Waals surface area (Å²) < 4.78 is 5.73. The third kappa shape index (κ3) is 2.41. The number of aliphatic imine (C=N–C) groups is 1. The average Bonchev–Trinajstić information content (AvgIpc) is 2.93. The standard InChI is InChI=1S/C13H25N3O/c1-3-7-13(4-2)10-15-12(14)16(13)9-11-6-5-8-17-11/h11H,3-10H2,1-2H3,(H2,14,15). The minimum atomic E-state index is 0.158. The Morgan fingerprint density at radius 2 is 2.35 bits per heavy atom. The zero-order valence-electron chi connectivity index (χ0n) is 11.1. The van der Waals surface area contributed by atoms with E-state index in [4.69, 9.17) is 10.5 Å². The fourth-order valence-electron chi connectivity index (χ4n) is 3.08. The summed E-state index contributed by atoms with van der Waals surface area (Å²) in [5, 5.41) is 0. The van der Waals surface area contributed by atoms with Gasteiger partial charge in [0.15, 0.2) is 5.96 Å². The summed E-state index contributed by atoms with van der Waals surface area (Å²) in [7, 11) is 0. The molecule has 0 spiro atoms. The lowest BCUT2D eigenvalue weighted by Gasteiger charge is -2.39. The maximum atomic E-state index is 6.06. The van der Waals surface area contributed by atoms with Crippen molar-refractivity contribution < 1.29 is 4.74 Å². The molecule has 0 aromatic rings. The largest absolute Gasteiger partial charge is 0.376 e. The molecule has 0 amide bonds. The van der Waals surface area contributed by atoms with Gasteiger partial charge in [0, 0.05) is 13.2 Å². The van der Waals surface area contributed by atoms with Crippen LogP contribution in [0.5, 0.6) is 0 Å². The van der Waals surface area contributed by atoms with E-state index >= 15 is 0 Å². The molecule has 2 aliphatic rings. The second-order valence-corrected chi connectivity index (χ2v) is 5.25. The fraction of sp³-hybridized carbons (Fsp3) is 0.923. The van der Waals surface area contributed by atoms with Crippen LogP contribution in [0.2, 0.25) is 0 Å². The van der Waals surface area contributed by atoms with Gasteiger partial charge in [0.05, 0.1) is 18.2 Å². The summed E-state index contributed by atoms with van der Waals surface area (Å²) in [4.78, 5) is 6.78. The molecule has 0 radical (unpaired) electrons. The second-order valence-electron chi connectivity index (χ2n) is 5.25. The number of ether oxygens (including phenoxy) is 1. The van der Waals surface area contributed by atoms with Crippen molar-refractivity contribution in [2.24, 2.45) is 10.7 Å². The van der Waals surface area contributed by atoms with E-state index in [9.17, 15) is 0 Å². The maximum absolute atomic E-state index is 6.06. The minimum Gasteiger partial charge on any atom is -0.376 e. The van der Waals surface area contributed by atoms with E-state index in [0.29, 0.717) is 6.10 Å². The monoisotopic (exact) mass is 239 g/mol. The quantitative estimate of drug-likeness (QED) is 0.795. The molecule has 2 rings (SSSR count). The van der Waals surface area contributed by atoms with Gasteiger partial charge in [-0.2, -0.15) is 0 Å². The molecule has 0 aromatic heterocycles. The van der Waals surface area contributed by atoms with E-state index in [2.05, 4.69) is 23.7 Å². The Morgan fingerprint density at radius 3 is 2.94 bits per heavy atom. The average molecular weight is 239 g/mol. The van der Waals surface area contributed by atoms with Crippen molar-refractivity contribution in [3.05, 3.63) is 0 Å². The highest BCUT2D eigenvalue weighted by atomic mass is 16.5. The Labute approximate surface area is 104 Å². The molecule has 4 nitrogen and oxygen atoms in total. The van der Waals surface area contributed by atoms with Gasteiger partial charge in [-0.3, -0.25) is 4.99 Å². The van der Waals surface area contributed by atoms with Crippen molar-refractivity contribution in [2.45, 2.75) is 57.6 Å². The van der Waals surface area contributed by atoms with E-state index in [1.54, 1.807) is 0 Å². The molecular formula is C13H25N3O. The number of hydrogen-bond acceptors (Lipinski definition) is 4. The second kappa shape index (κ2) is 5.25. The van der Waals surface area contributed by atoms with Crippen LogP contribution in [0.1, 0.15) is 46.0 Å². The Kier molecular flexibility index (Phi) is 3.92. The van der Waals surface area contributed by atoms with Crippen molar-refractivity contribution >= 4 is 5.96 Å². The highest BCUT2D eigenvalue weighted by Crippen LogP contribution is 2.31. The third-order valence-electron chi connectivity index (χ3n) is 4.17. The highest BCUT2D eigenvalue weighted by molar-refractivity contribution is 5.81. The van der Waals surface area contributed by atoms with Crippen LogP contribution in [0.25, 0.3) is 0 Å². The van der Waals surface area contributed by atoms with Crippen LogP contribution >= 0.6 is 0 Å². The van der Waals surface area contributed by atoms with E-state index in [0.717, 1.165) is 38.5 Å². The Hall–Kier alpha value is -0.770. The molecule has 1 fully saturated rings. The summed E-state index contributed by atoms with van der Waals surface area (Å²) in [5.74, 6) is 0.718. The van der Waals surface area contributed by atoms with Gasteiger partial charge in [0.2, 0.25) is 0 Å². The molecule has 98 valence electrons. The first-order valence-corrected chi connectivity index (χ1v) is 6.91. The molecule has 2 unspecified atom stereocenters. The number of guanidine groups is 1. The highest BCUT2D eigenvalue weighted by Gasteiger charge is 2.41. The first-order chi connectivity index (χ1) is 8.22. The third-order valence-corrected chi connectivity index (χ3v) is 4.17. The molecule has 0 aromatic carbocycles. The Balaban J connectivity index is 2.06. The smallest absolute Gasteiger partial charge is 0.191 e. The molecule has 2 heterocycles. The number of rotatable bonds is 5. The van der Waals surface area contributed by atoms with Gasteiger partial charge in [-0.1, -0.05) is 20.3 Å². The Morgan fingerprint density at radius 1 is 1.53 bits per heavy atom. The summed E-state index contributed by atoms with van der Waals surface area (Å²) in [6.45, 7) is 7.16. The molecular weight excluding hydrogens is 214 g/mol. The van der Waals surface area contributed by atoms with Crippen molar-refractivity contribution in [2.75, 3.05) is 19.7 Å². The lowest BCUT2D eigenvalue weighted by Crippen LogP contribution is -2.53. The Bertz CT molecular complexity index is 286. The zero-order chi connectivity index (χ0) is 12.3. The summed E-state index contributed by atoms with van der Waals surface area (Å²) in [5.41, 5.74) is 6.22. The SMILES string of the molecule is CCCC1(CC)CN=C(N)N1CC1CCCO1. The number of nitrogens with zero attached hydrogens (tertiary/aromatic N) is 2. The maximum Gasteiger partial charge on any atom is 0.191 e. The molecule has 0 bridgehead atoms. The van der Waals surface area contributed by atoms with Gasteiger partial charge in [-0.15, -0.1) is 0 Å². The molecule has 4 heteroatoms. The topological polar surface area (TPSA) is 50.8 Å². The normalized spacial score (nSPS) is 33.2. The van der Waals surface area contributed by atoms with Crippen molar-refractivity contribution in [3.63, 3.8) is 0 Å². The molecule has 2 atom stereocenters. The van der Waals surface area contributed by atoms with Crippen molar-refractivity contribution in [1.82, 2.24) is 4.90 Å². The van der Waals surface area contributed by atoms with Gasteiger partial charge in [0.25, 0.3) is 0 Å². The van der Waals surface area contributed by atoms with Gasteiger partial charge in [-0.05, 0) is 25.7 Å². The van der Waals surface area contributed by atoms with E-state index in [1.165, 1.54) is 19.3 Å². The van der Waals surface area contributed by atoms with Crippen LogP contribution in [0.15, 0.2) is 4.99 Å². The summed E-state index contributed by atoms with van der Waals surface area (Å²) in [6, 6.07) is 0. The molecule has 0 aliphatic carbocycles. The summed E-state index contributed by atoms with van der Waals surface area (Å²) >= 11 is 0. The molecule has 17 heavy (non-hydrogen) atoms.